The zero-order valence-electron chi connectivity index (χ0n) is 16.5. The number of likely N-dealkylation sites (tertiary alicyclic amines) is 1. The average molecular weight is 478 g/mol. The van der Waals surface area contributed by atoms with Crippen LogP contribution in [0, 0.1) is 0 Å². The third-order valence-electron chi connectivity index (χ3n) is 5.41. The van der Waals surface area contributed by atoms with Crippen molar-refractivity contribution in [1.82, 2.24) is 19.5 Å². The van der Waals surface area contributed by atoms with Gasteiger partial charge in [0.05, 0.1) is 15.6 Å². The Morgan fingerprint density at radius 2 is 1.90 bits per heavy atom. The minimum absolute atomic E-state index is 0.327. The lowest BCUT2D eigenvalue weighted by Crippen LogP contribution is -2.29. The van der Waals surface area contributed by atoms with Crippen LogP contribution in [0.15, 0.2) is 45.9 Å². The highest BCUT2D eigenvalue weighted by molar-refractivity contribution is 9.10. The molecule has 1 aromatic carbocycles. The van der Waals surface area contributed by atoms with Crippen molar-refractivity contribution in [3.05, 3.63) is 52.3 Å². The van der Waals surface area contributed by atoms with Gasteiger partial charge in [-0.3, -0.25) is 0 Å². The highest BCUT2D eigenvalue weighted by Crippen LogP contribution is 2.30. The maximum absolute atomic E-state index is 11.6. The van der Waals surface area contributed by atoms with Crippen LogP contribution in [0.25, 0.3) is 5.65 Å². The molecule has 1 aliphatic rings. The quantitative estimate of drug-likeness (QED) is 0.606. The number of sulfone groups is 1. The highest BCUT2D eigenvalue weighted by Gasteiger charge is 2.22. The lowest BCUT2D eigenvalue weighted by Gasteiger charge is -2.28. The number of anilines is 1. The van der Waals surface area contributed by atoms with Crippen molar-refractivity contribution in [2.75, 3.05) is 31.7 Å². The fourth-order valence-corrected chi connectivity index (χ4v) is 4.62. The van der Waals surface area contributed by atoms with E-state index in [0.717, 1.165) is 53.1 Å². The van der Waals surface area contributed by atoms with E-state index < -0.39 is 9.84 Å². The van der Waals surface area contributed by atoms with E-state index in [2.05, 4.69) is 44.4 Å². The lowest BCUT2D eigenvalue weighted by molar-refractivity contribution is 0.253. The average Bonchev–Trinajstić information content (AvgIpc) is 3.07. The molecule has 29 heavy (non-hydrogen) atoms. The largest absolute Gasteiger partial charge is 0.366 e. The van der Waals surface area contributed by atoms with E-state index in [1.165, 1.54) is 6.26 Å². The predicted octanol–water partition coefficient (Wildman–Crippen LogP) is 3.32. The van der Waals surface area contributed by atoms with Crippen LogP contribution < -0.4 is 5.32 Å². The van der Waals surface area contributed by atoms with Crippen LogP contribution in [-0.4, -0.2) is 54.3 Å². The Labute approximate surface area is 179 Å². The van der Waals surface area contributed by atoms with Crippen LogP contribution in [0.2, 0.25) is 0 Å². The van der Waals surface area contributed by atoms with Crippen LogP contribution in [-0.2, 0) is 16.4 Å². The van der Waals surface area contributed by atoms with Crippen molar-refractivity contribution < 1.29 is 8.42 Å². The highest BCUT2D eigenvalue weighted by atomic mass is 79.9. The van der Waals surface area contributed by atoms with Crippen molar-refractivity contribution in [1.29, 1.82) is 0 Å². The van der Waals surface area contributed by atoms with Gasteiger partial charge in [0.1, 0.15) is 5.82 Å². The molecule has 0 atom stereocenters. The lowest BCUT2D eigenvalue weighted by atomic mass is 9.93. The second kappa shape index (κ2) is 8.04. The van der Waals surface area contributed by atoms with E-state index in [4.69, 9.17) is 4.98 Å². The molecule has 1 fully saturated rings. The molecule has 2 aromatic heterocycles. The summed E-state index contributed by atoms with van der Waals surface area (Å²) in [5.74, 6) is 1.31. The third-order valence-corrected chi connectivity index (χ3v) is 7.10. The number of halogens is 1. The first-order chi connectivity index (χ1) is 13.8. The Kier molecular flexibility index (Phi) is 5.63. The Morgan fingerprint density at radius 1 is 1.21 bits per heavy atom. The van der Waals surface area contributed by atoms with Crippen molar-refractivity contribution >= 4 is 37.2 Å². The summed E-state index contributed by atoms with van der Waals surface area (Å²) in [6.07, 6.45) is 5.16. The smallest absolute Gasteiger partial charge is 0.175 e. The number of nitrogens with one attached hydrogen (secondary N) is 1. The molecule has 0 amide bonds. The molecule has 0 bridgehead atoms. The number of hydrogen-bond acceptors (Lipinski definition) is 6. The molecular weight excluding hydrogens is 454 g/mol. The monoisotopic (exact) mass is 477 g/mol. The van der Waals surface area contributed by atoms with Gasteiger partial charge in [-0.2, -0.15) is 9.61 Å². The Balaban J connectivity index is 1.59. The predicted molar refractivity (Wildman–Crippen MR) is 117 cm³/mol. The van der Waals surface area contributed by atoms with Crippen molar-refractivity contribution in [2.24, 2.45) is 0 Å². The fraction of sp³-hybridized carbons (Fsp3) is 0.400. The molecule has 0 saturated carbocycles. The van der Waals surface area contributed by atoms with Crippen LogP contribution in [0.3, 0.4) is 0 Å². The molecule has 0 unspecified atom stereocenters. The van der Waals surface area contributed by atoms with Gasteiger partial charge in [-0.1, -0.05) is 12.1 Å². The Bertz CT molecular complexity index is 1120. The van der Waals surface area contributed by atoms with Gasteiger partial charge in [0.2, 0.25) is 0 Å². The summed E-state index contributed by atoms with van der Waals surface area (Å²) < 4.78 is 25.9. The normalized spacial score (nSPS) is 16.4. The maximum atomic E-state index is 11.6. The van der Waals surface area contributed by atoms with Gasteiger partial charge in [0.15, 0.2) is 15.5 Å². The Morgan fingerprint density at radius 3 is 2.55 bits per heavy atom. The molecule has 1 N–H and O–H groups in total. The van der Waals surface area contributed by atoms with Crippen LogP contribution in [0.5, 0.6) is 0 Å². The van der Waals surface area contributed by atoms with Gasteiger partial charge < -0.3 is 10.2 Å². The molecule has 3 aromatic rings. The molecule has 0 spiro atoms. The number of nitrogens with zero attached hydrogens (tertiary/aromatic N) is 4. The van der Waals surface area contributed by atoms with E-state index in [9.17, 15) is 8.42 Å². The molecule has 7 nitrogen and oxygen atoms in total. The molecule has 3 heterocycles. The first kappa shape index (κ1) is 20.3. The molecule has 0 radical (unpaired) electrons. The van der Waals surface area contributed by atoms with Gasteiger partial charge in [-0.25, -0.2) is 13.4 Å². The van der Waals surface area contributed by atoms with Crippen LogP contribution in [0.4, 0.5) is 5.82 Å². The summed E-state index contributed by atoms with van der Waals surface area (Å²) in [5, 5.41) is 7.88. The standard InChI is InChI=1S/C20H24BrN5O2S/c1-25-9-7-15(8-10-25)18-11-19(26-20(24-18)17(21)13-23-26)22-12-14-3-5-16(6-4-14)29(2,27)28/h3-6,11,13,15,22H,7-10,12H2,1-2H3. The van der Waals surface area contributed by atoms with E-state index in [1.54, 1.807) is 22.8 Å². The third kappa shape index (κ3) is 4.46. The first-order valence-electron chi connectivity index (χ1n) is 9.57. The molecule has 9 heteroatoms. The molecular formula is C20H24BrN5O2S. The Hall–Kier alpha value is -1.97. The second-order valence-electron chi connectivity index (χ2n) is 7.64. The number of piperidine rings is 1. The van der Waals surface area contributed by atoms with Crippen LogP contribution in [0.1, 0.15) is 30.0 Å². The van der Waals surface area contributed by atoms with E-state index >= 15 is 0 Å². The minimum atomic E-state index is -3.19. The minimum Gasteiger partial charge on any atom is -0.366 e. The van der Waals surface area contributed by atoms with Crippen LogP contribution >= 0.6 is 15.9 Å². The maximum Gasteiger partial charge on any atom is 0.175 e. The number of benzene rings is 1. The van der Waals surface area contributed by atoms with Crippen molar-refractivity contribution in [3.63, 3.8) is 0 Å². The molecule has 4 rings (SSSR count). The van der Waals surface area contributed by atoms with Crippen molar-refractivity contribution in [3.8, 4) is 0 Å². The molecule has 154 valence electrons. The van der Waals surface area contributed by atoms with Gasteiger partial charge in [0, 0.05) is 30.5 Å². The summed E-state index contributed by atoms with van der Waals surface area (Å²) in [7, 11) is -1.03. The summed E-state index contributed by atoms with van der Waals surface area (Å²) in [6, 6.07) is 9.04. The molecule has 0 aliphatic carbocycles. The topological polar surface area (TPSA) is 79.6 Å². The molecule has 1 aliphatic heterocycles. The molecule has 1 saturated heterocycles. The zero-order chi connectivity index (χ0) is 20.6. The van der Waals surface area contributed by atoms with E-state index in [1.807, 2.05) is 12.1 Å². The summed E-state index contributed by atoms with van der Waals surface area (Å²) in [6.45, 7) is 2.72. The number of aromatic nitrogens is 3. The van der Waals surface area contributed by atoms with Gasteiger partial charge in [-0.15, -0.1) is 0 Å². The van der Waals surface area contributed by atoms with Gasteiger partial charge >= 0.3 is 0 Å². The number of rotatable bonds is 5. The summed E-state index contributed by atoms with van der Waals surface area (Å²) >= 11 is 3.55. The van der Waals surface area contributed by atoms with Crippen molar-refractivity contribution in [2.45, 2.75) is 30.2 Å². The van der Waals surface area contributed by atoms with Gasteiger partial charge in [-0.05, 0) is 66.6 Å². The summed E-state index contributed by atoms with van der Waals surface area (Å²) in [4.78, 5) is 7.54. The zero-order valence-corrected chi connectivity index (χ0v) is 18.9. The van der Waals surface area contributed by atoms with Gasteiger partial charge in [0.25, 0.3) is 0 Å². The number of hydrogen-bond donors (Lipinski definition) is 1. The second-order valence-corrected chi connectivity index (χ2v) is 10.5. The van der Waals surface area contributed by atoms with E-state index in [-0.39, 0.29) is 0 Å². The number of fused-ring (bicyclic) bond motifs is 1. The summed E-state index contributed by atoms with van der Waals surface area (Å²) in [5.41, 5.74) is 2.88. The fourth-order valence-electron chi connectivity index (χ4n) is 3.64. The SMILES string of the molecule is CN1CCC(c2cc(NCc3ccc(S(C)(=O)=O)cc3)n3ncc(Br)c3n2)CC1. The van der Waals surface area contributed by atoms with E-state index in [0.29, 0.717) is 17.4 Å². The first-order valence-corrected chi connectivity index (χ1v) is 12.3.